The molecule has 2 aromatic carbocycles. The highest BCUT2D eigenvalue weighted by Gasteiger charge is 2.31. The number of amides is 2. The number of nitrogens with zero attached hydrogens (tertiary/aromatic N) is 1. The van der Waals surface area contributed by atoms with Crippen LogP contribution >= 0.6 is 0 Å². The van der Waals surface area contributed by atoms with E-state index in [2.05, 4.69) is 10.7 Å². The van der Waals surface area contributed by atoms with Crippen molar-refractivity contribution in [3.05, 3.63) is 71.3 Å². The number of ether oxygens (including phenoxy) is 1. The maximum absolute atomic E-state index is 12.6. The number of aliphatic carboxylic acids is 1. The van der Waals surface area contributed by atoms with Gasteiger partial charge in [-0.25, -0.2) is 5.43 Å². The van der Waals surface area contributed by atoms with Crippen molar-refractivity contribution < 1.29 is 29.6 Å². The minimum absolute atomic E-state index is 0.0238. The zero-order chi connectivity index (χ0) is 24.2. The third-order valence-electron chi connectivity index (χ3n) is 4.64. The van der Waals surface area contributed by atoms with Crippen molar-refractivity contribution in [1.82, 2.24) is 15.8 Å². The van der Waals surface area contributed by atoms with Crippen molar-refractivity contribution in [2.45, 2.75) is 32.5 Å². The van der Waals surface area contributed by atoms with Crippen LogP contribution in [-0.4, -0.2) is 47.9 Å². The van der Waals surface area contributed by atoms with Gasteiger partial charge >= 0.3 is 0 Å². The fourth-order valence-corrected chi connectivity index (χ4v) is 2.98. The molecule has 1 aliphatic rings. The summed E-state index contributed by atoms with van der Waals surface area (Å²) in [6, 6.07) is 17.1. The molecule has 6 N–H and O–H groups in total. The average molecular weight is 456 g/mol. The molecule has 1 atom stereocenters. The van der Waals surface area contributed by atoms with Gasteiger partial charge in [-0.1, -0.05) is 42.5 Å². The second-order valence-corrected chi connectivity index (χ2v) is 7.29. The van der Waals surface area contributed by atoms with Crippen LogP contribution in [-0.2, 0) is 32.2 Å². The van der Waals surface area contributed by atoms with Crippen LogP contribution in [0.1, 0.15) is 30.0 Å². The number of nitrogens with one attached hydrogen (secondary N) is 2. The molecule has 2 aromatic rings. The van der Waals surface area contributed by atoms with Gasteiger partial charge in [0.15, 0.2) is 0 Å². The number of hydrazine groups is 1. The lowest BCUT2D eigenvalue weighted by molar-refractivity contribution is -0.302. The number of hydrogen-bond donors (Lipinski definition) is 4. The highest BCUT2D eigenvalue weighted by Crippen LogP contribution is 2.10. The summed E-state index contributed by atoms with van der Waals surface area (Å²) in [6.45, 7) is 2.67. The quantitative estimate of drug-likeness (QED) is 0.260. The Morgan fingerprint density at radius 3 is 2.33 bits per heavy atom. The predicted octanol–water partition coefficient (Wildman–Crippen LogP) is -2.15. The fourth-order valence-electron chi connectivity index (χ4n) is 2.98. The maximum atomic E-state index is 12.6. The van der Waals surface area contributed by atoms with E-state index >= 15 is 0 Å². The molecule has 1 fully saturated rings. The topological polar surface area (TPSA) is 162 Å². The molecule has 0 unspecified atom stereocenters. The number of rotatable bonds is 8. The third-order valence-corrected chi connectivity index (χ3v) is 4.64. The van der Waals surface area contributed by atoms with E-state index in [1.807, 2.05) is 42.5 Å². The van der Waals surface area contributed by atoms with Gasteiger partial charge in [0.1, 0.15) is 6.10 Å². The highest BCUT2D eigenvalue weighted by atomic mass is 16.5. The summed E-state index contributed by atoms with van der Waals surface area (Å²) in [4.78, 5) is 33.7. The first-order valence-electron chi connectivity index (χ1n) is 10.4. The standard InChI is InChI=1S/C21H25N5O3.C2H4O2/c22-20(23)17-8-6-16(7-9-17)13-24-19(27)12-18-21(28)26(10-11-29-18)25-14-15-4-2-1-3-5-15;1-2(3)4/h1-9,18,25H,10-14H2,(H3,22,23)(H,24,27);1H3,(H,3,4)/t18-;/m1./s1. The van der Waals surface area contributed by atoms with Crippen molar-refractivity contribution in [1.29, 1.82) is 0 Å². The average Bonchev–Trinajstić information content (AvgIpc) is 2.79. The van der Waals surface area contributed by atoms with Gasteiger partial charge in [0.05, 0.1) is 25.1 Å². The first-order chi connectivity index (χ1) is 15.8. The molecule has 33 heavy (non-hydrogen) atoms. The van der Waals surface area contributed by atoms with Gasteiger partial charge in [0.2, 0.25) is 5.91 Å². The summed E-state index contributed by atoms with van der Waals surface area (Å²) in [6.07, 6.45) is -0.815. The summed E-state index contributed by atoms with van der Waals surface area (Å²) >= 11 is 0. The third kappa shape index (κ3) is 9.09. The van der Waals surface area contributed by atoms with Crippen molar-refractivity contribution in [2.75, 3.05) is 13.2 Å². The van der Waals surface area contributed by atoms with Crippen LogP contribution in [0.2, 0.25) is 0 Å². The molecule has 0 aromatic heterocycles. The summed E-state index contributed by atoms with van der Waals surface area (Å²) in [5, 5.41) is 18.8. The monoisotopic (exact) mass is 455 g/mol. The minimum Gasteiger partial charge on any atom is -0.550 e. The molecule has 176 valence electrons. The number of carbonyl (C=O) groups excluding carboxylic acids is 3. The van der Waals surface area contributed by atoms with Crippen molar-refractivity contribution in [3.8, 4) is 0 Å². The summed E-state index contributed by atoms with van der Waals surface area (Å²) in [5.74, 6) is -1.32. The van der Waals surface area contributed by atoms with E-state index < -0.39 is 12.1 Å². The Bertz CT molecular complexity index is 945. The van der Waals surface area contributed by atoms with E-state index in [4.69, 9.17) is 25.8 Å². The van der Waals surface area contributed by atoms with E-state index in [0.29, 0.717) is 26.2 Å². The summed E-state index contributed by atoms with van der Waals surface area (Å²) in [7, 11) is 0. The second-order valence-electron chi connectivity index (χ2n) is 7.29. The highest BCUT2D eigenvalue weighted by molar-refractivity contribution is 5.92. The largest absolute Gasteiger partial charge is 0.550 e. The molecule has 10 nitrogen and oxygen atoms in total. The zero-order valence-corrected chi connectivity index (χ0v) is 18.5. The molecule has 0 spiro atoms. The number of morpholine rings is 1. The molecule has 10 heteroatoms. The van der Waals surface area contributed by atoms with Gasteiger partial charge in [-0.15, -0.1) is 0 Å². The Morgan fingerprint density at radius 1 is 1.12 bits per heavy atom. The zero-order valence-electron chi connectivity index (χ0n) is 18.5. The maximum Gasteiger partial charge on any atom is 0.270 e. The van der Waals surface area contributed by atoms with E-state index in [1.165, 1.54) is 5.01 Å². The number of carboxylic acids is 1. The van der Waals surface area contributed by atoms with E-state index in [1.54, 1.807) is 12.1 Å². The van der Waals surface area contributed by atoms with Crippen LogP contribution in [0, 0.1) is 0 Å². The number of carbonyl (C=O) groups is 3. The molecule has 1 heterocycles. The van der Waals surface area contributed by atoms with Crippen LogP contribution in [0.3, 0.4) is 0 Å². The number of hydrogen-bond acceptors (Lipinski definition) is 6. The van der Waals surface area contributed by atoms with Crippen LogP contribution in [0.15, 0.2) is 54.6 Å². The molecular formula is C23H29N5O5. The molecule has 0 bridgehead atoms. The SMILES string of the molecule is CC(=O)[O-].NC(=[NH2+])c1ccc(CNC(=O)C[C@H]2OCCN(NCc3ccccc3)C2=O)cc1. The molecule has 2 amide bonds. The predicted molar refractivity (Wildman–Crippen MR) is 119 cm³/mol. The first-order valence-corrected chi connectivity index (χ1v) is 10.4. The fraction of sp³-hybridized carbons (Fsp3) is 0.304. The lowest BCUT2D eigenvalue weighted by Gasteiger charge is -2.32. The Labute approximate surface area is 192 Å². The van der Waals surface area contributed by atoms with Gasteiger partial charge < -0.3 is 20.0 Å². The minimum atomic E-state index is -1.08. The number of nitrogens with two attached hydrogens (primary N) is 2. The van der Waals surface area contributed by atoms with Gasteiger partial charge in [-0.3, -0.25) is 25.7 Å². The Balaban J connectivity index is 0.000000890. The van der Waals surface area contributed by atoms with E-state index in [0.717, 1.165) is 23.6 Å². The van der Waals surface area contributed by atoms with Crippen LogP contribution in [0.25, 0.3) is 0 Å². The molecule has 1 saturated heterocycles. The second kappa shape index (κ2) is 12.9. The van der Waals surface area contributed by atoms with Gasteiger partial charge in [0.25, 0.3) is 11.7 Å². The first kappa shape index (κ1) is 25.5. The van der Waals surface area contributed by atoms with Crippen LogP contribution in [0.5, 0.6) is 0 Å². The van der Waals surface area contributed by atoms with Crippen LogP contribution < -0.4 is 27.0 Å². The molecule has 0 radical (unpaired) electrons. The lowest BCUT2D eigenvalue weighted by atomic mass is 10.1. The molecule has 1 aliphatic heterocycles. The van der Waals surface area contributed by atoms with Gasteiger partial charge in [0, 0.05) is 19.1 Å². The van der Waals surface area contributed by atoms with Crippen molar-refractivity contribution in [3.63, 3.8) is 0 Å². The Morgan fingerprint density at radius 2 is 1.73 bits per heavy atom. The summed E-state index contributed by atoms with van der Waals surface area (Å²) < 4.78 is 5.51. The van der Waals surface area contributed by atoms with Gasteiger partial charge in [-0.2, -0.15) is 0 Å². The molecular weight excluding hydrogens is 426 g/mol. The number of carboxylic acid groups (broad SMARTS) is 1. The lowest BCUT2D eigenvalue weighted by Crippen LogP contribution is -2.54. The van der Waals surface area contributed by atoms with E-state index in [-0.39, 0.29) is 24.1 Å². The smallest absolute Gasteiger partial charge is 0.270 e. The summed E-state index contributed by atoms with van der Waals surface area (Å²) in [5.41, 5.74) is 11.4. The Kier molecular flexibility index (Phi) is 10.00. The Hall–Kier alpha value is -3.76. The van der Waals surface area contributed by atoms with Crippen molar-refractivity contribution in [2.24, 2.45) is 5.73 Å². The molecule has 3 rings (SSSR count). The molecule has 0 saturated carbocycles. The number of benzene rings is 2. The molecule has 0 aliphatic carbocycles. The van der Waals surface area contributed by atoms with E-state index in [9.17, 15) is 9.59 Å². The van der Waals surface area contributed by atoms with Crippen LogP contribution in [0.4, 0.5) is 0 Å². The number of amidine groups is 1. The normalized spacial score (nSPS) is 15.2. The van der Waals surface area contributed by atoms with Crippen molar-refractivity contribution >= 4 is 23.6 Å². The van der Waals surface area contributed by atoms with Gasteiger partial charge in [-0.05, 0) is 30.2 Å².